The van der Waals surface area contributed by atoms with Crippen molar-refractivity contribution in [3.63, 3.8) is 0 Å². The molecule has 4 N–H and O–H groups in total. The number of carbonyl (C=O) groups is 4. The molecule has 1 heterocycles. The minimum Gasteiger partial charge on any atom is -0.480 e. The summed E-state index contributed by atoms with van der Waals surface area (Å²) >= 11 is 0. The van der Waals surface area contributed by atoms with Crippen molar-refractivity contribution in [3.05, 3.63) is 29.3 Å². The van der Waals surface area contributed by atoms with Crippen molar-refractivity contribution in [1.29, 1.82) is 0 Å². The Morgan fingerprint density at radius 2 is 2.04 bits per heavy atom. The Bertz CT molecular complexity index is 749. The molecule has 1 aromatic carbocycles. The van der Waals surface area contributed by atoms with Gasteiger partial charge in [0.25, 0.3) is 5.91 Å². The average Bonchev–Trinajstić information content (AvgIpc) is 3.15. The lowest BCUT2D eigenvalue weighted by molar-refractivity contribution is -0.141. The summed E-state index contributed by atoms with van der Waals surface area (Å²) in [7, 11) is 1.29. The first kappa shape index (κ1) is 21.2. The first-order valence-electron chi connectivity index (χ1n) is 9.14. The zero-order valence-corrected chi connectivity index (χ0v) is 15.7. The number of hydrogen-bond donors (Lipinski definition) is 4. The Hall–Kier alpha value is -3.10. The molecule has 0 unspecified atom stereocenters. The molecule has 2 amide bonds. The van der Waals surface area contributed by atoms with E-state index in [4.69, 9.17) is 0 Å². The van der Waals surface area contributed by atoms with Crippen LogP contribution in [0.5, 0.6) is 0 Å². The van der Waals surface area contributed by atoms with E-state index in [9.17, 15) is 24.3 Å². The van der Waals surface area contributed by atoms with Crippen LogP contribution in [0, 0.1) is 0 Å². The van der Waals surface area contributed by atoms with E-state index in [1.807, 2.05) is 0 Å². The first-order valence-corrected chi connectivity index (χ1v) is 9.14. The summed E-state index contributed by atoms with van der Waals surface area (Å²) < 4.78 is 4.50. The van der Waals surface area contributed by atoms with Crippen molar-refractivity contribution in [3.8, 4) is 0 Å². The predicted molar refractivity (Wildman–Crippen MR) is 101 cm³/mol. The van der Waals surface area contributed by atoms with E-state index in [0.29, 0.717) is 18.5 Å². The first-order chi connectivity index (χ1) is 13.4. The number of nitrogens with one attached hydrogen (secondary N) is 3. The smallest absolute Gasteiger partial charge is 0.326 e. The van der Waals surface area contributed by atoms with Crippen LogP contribution in [-0.2, 0) is 25.5 Å². The second-order valence-corrected chi connectivity index (χ2v) is 6.48. The Morgan fingerprint density at radius 3 is 2.75 bits per heavy atom. The number of hydrogen-bond acceptors (Lipinski definition) is 6. The molecule has 0 radical (unpaired) electrons. The second-order valence-electron chi connectivity index (χ2n) is 6.48. The van der Waals surface area contributed by atoms with Crippen LogP contribution >= 0.6 is 0 Å². The van der Waals surface area contributed by atoms with Crippen LogP contribution < -0.4 is 16.0 Å². The SMILES string of the molecule is COC(=O)CCCNC(=O)CC[C@H](NC(=O)c1ccc2c(c1)CCN2)C(=O)O. The summed E-state index contributed by atoms with van der Waals surface area (Å²) in [5, 5.41) is 17.6. The number of ether oxygens (including phenoxy) is 1. The summed E-state index contributed by atoms with van der Waals surface area (Å²) in [6.07, 6.45) is 1.36. The van der Waals surface area contributed by atoms with E-state index in [2.05, 4.69) is 20.7 Å². The number of rotatable bonds is 10. The van der Waals surface area contributed by atoms with Crippen molar-refractivity contribution in [2.24, 2.45) is 0 Å². The quantitative estimate of drug-likeness (QED) is 0.340. The van der Waals surface area contributed by atoms with Gasteiger partial charge in [0.15, 0.2) is 0 Å². The van der Waals surface area contributed by atoms with E-state index in [-0.39, 0.29) is 31.1 Å². The van der Waals surface area contributed by atoms with Crippen LogP contribution in [0.2, 0.25) is 0 Å². The molecule has 0 bridgehead atoms. The zero-order chi connectivity index (χ0) is 20.5. The van der Waals surface area contributed by atoms with Crippen LogP contribution in [0.1, 0.15) is 41.6 Å². The van der Waals surface area contributed by atoms with Crippen LogP contribution in [0.25, 0.3) is 0 Å². The van der Waals surface area contributed by atoms with Gasteiger partial charge in [-0.3, -0.25) is 14.4 Å². The molecule has 0 fully saturated rings. The third kappa shape index (κ3) is 6.26. The number of carboxylic acid groups (broad SMARTS) is 1. The van der Waals surface area contributed by atoms with Gasteiger partial charge in [0.1, 0.15) is 6.04 Å². The highest BCUT2D eigenvalue weighted by molar-refractivity contribution is 5.97. The molecule has 0 aromatic heterocycles. The van der Waals surface area contributed by atoms with Crippen LogP contribution in [0.4, 0.5) is 5.69 Å². The standard InChI is InChI=1S/C19H25N3O6/c1-28-17(24)3-2-9-21-16(23)7-6-15(19(26)27)22-18(25)13-4-5-14-12(11-13)8-10-20-14/h4-5,11,15,20H,2-3,6-10H2,1H3,(H,21,23)(H,22,25)(H,26,27)/t15-/m0/s1. The number of amides is 2. The lowest BCUT2D eigenvalue weighted by Gasteiger charge is -2.15. The molecular formula is C19H25N3O6. The van der Waals surface area contributed by atoms with E-state index in [1.165, 1.54) is 7.11 Å². The summed E-state index contributed by atoms with van der Waals surface area (Å²) in [6, 6.07) is 4.02. The molecule has 0 aliphatic carbocycles. The van der Waals surface area contributed by atoms with Crippen molar-refractivity contribution in [1.82, 2.24) is 10.6 Å². The number of carboxylic acids is 1. The predicted octanol–water partition coefficient (Wildman–Crippen LogP) is 0.687. The van der Waals surface area contributed by atoms with Gasteiger partial charge in [0, 0.05) is 37.2 Å². The third-order valence-electron chi connectivity index (χ3n) is 4.45. The second kappa shape index (κ2) is 10.3. The number of carbonyl (C=O) groups excluding carboxylic acids is 3. The molecule has 0 saturated carbocycles. The Morgan fingerprint density at radius 1 is 1.25 bits per heavy atom. The highest BCUT2D eigenvalue weighted by atomic mass is 16.5. The molecule has 152 valence electrons. The van der Waals surface area contributed by atoms with Gasteiger partial charge < -0.3 is 25.8 Å². The van der Waals surface area contributed by atoms with E-state index >= 15 is 0 Å². The minimum absolute atomic E-state index is 0.0313. The van der Waals surface area contributed by atoms with Crippen LogP contribution in [0.15, 0.2) is 18.2 Å². The number of benzene rings is 1. The zero-order valence-electron chi connectivity index (χ0n) is 15.7. The fourth-order valence-corrected chi connectivity index (χ4v) is 2.87. The van der Waals surface area contributed by atoms with E-state index < -0.39 is 17.9 Å². The van der Waals surface area contributed by atoms with Gasteiger partial charge in [-0.2, -0.15) is 0 Å². The van der Waals surface area contributed by atoms with E-state index in [0.717, 1.165) is 24.2 Å². The molecule has 1 atom stereocenters. The van der Waals surface area contributed by atoms with Gasteiger partial charge in [-0.1, -0.05) is 0 Å². The number of anilines is 1. The number of aliphatic carboxylic acids is 1. The lowest BCUT2D eigenvalue weighted by atomic mass is 10.1. The highest BCUT2D eigenvalue weighted by Crippen LogP contribution is 2.23. The van der Waals surface area contributed by atoms with Crippen LogP contribution in [-0.4, -0.2) is 55.1 Å². The van der Waals surface area contributed by atoms with Crippen molar-refractivity contribution >= 4 is 29.4 Å². The lowest BCUT2D eigenvalue weighted by Crippen LogP contribution is -2.41. The number of esters is 1. The van der Waals surface area contributed by atoms with Gasteiger partial charge in [-0.05, 0) is 43.0 Å². The molecule has 1 aliphatic rings. The summed E-state index contributed by atoms with van der Waals surface area (Å²) in [4.78, 5) is 46.6. The van der Waals surface area contributed by atoms with Gasteiger partial charge in [0.2, 0.25) is 5.91 Å². The molecule has 2 rings (SSSR count). The maximum Gasteiger partial charge on any atom is 0.326 e. The maximum absolute atomic E-state index is 12.4. The van der Waals surface area contributed by atoms with Gasteiger partial charge in [-0.25, -0.2) is 4.79 Å². The summed E-state index contributed by atoms with van der Waals surface area (Å²) in [6.45, 7) is 1.11. The molecule has 0 spiro atoms. The molecule has 9 heteroatoms. The molecule has 0 saturated heterocycles. The van der Waals surface area contributed by atoms with Gasteiger partial charge >= 0.3 is 11.9 Å². The Labute approximate surface area is 162 Å². The fourth-order valence-electron chi connectivity index (χ4n) is 2.87. The Balaban J connectivity index is 1.79. The monoisotopic (exact) mass is 391 g/mol. The normalized spacial score (nSPS) is 13.0. The number of fused-ring (bicyclic) bond motifs is 1. The van der Waals surface area contributed by atoms with Crippen LogP contribution in [0.3, 0.4) is 0 Å². The molecule has 1 aliphatic heterocycles. The van der Waals surface area contributed by atoms with Gasteiger partial charge in [-0.15, -0.1) is 0 Å². The average molecular weight is 391 g/mol. The van der Waals surface area contributed by atoms with Crippen molar-refractivity contribution in [2.45, 2.75) is 38.1 Å². The molecule has 9 nitrogen and oxygen atoms in total. The number of methoxy groups -OCH3 is 1. The largest absolute Gasteiger partial charge is 0.480 e. The van der Waals surface area contributed by atoms with Gasteiger partial charge in [0.05, 0.1) is 7.11 Å². The maximum atomic E-state index is 12.4. The fraction of sp³-hybridized carbons (Fsp3) is 0.474. The van der Waals surface area contributed by atoms with E-state index in [1.54, 1.807) is 18.2 Å². The Kier molecular flexibility index (Phi) is 7.79. The molecular weight excluding hydrogens is 366 g/mol. The minimum atomic E-state index is -1.20. The topological polar surface area (TPSA) is 134 Å². The third-order valence-corrected chi connectivity index (χ3v) is 4.45. The molecule has 1 aromatic rings. The highest BCUT2D eigenvalue weighted by Gasteiger charge is 2.22. The van der Waals surface area contributed by atoms with Crippen molar-refractivity contribution < 1.29 is 29.0 Å². The summed E-state index contributed by atoms with van der Waals surface area (Å²) in [5.74, 6) is -2.38. The molecule has 28 heavy (non-hydrogen) atoms. The summed E-state index contributed by atoms with van der Waals surface area (Å²) in [5.41, 5.74) is 2.39. The van der Waals surface area contributed by atoms with Crippen molar-refractivity contribution in [2.75, 3.05) is 25.5 Å².